The molecule has 1 aliphatic heterocycles. The number of methoxy groups -OCH3 is 1. The van der Waals surface area contributed by atoms with Gasteiger partial charge in [-0.15, -0.1) is 0 Å². The van der Waals surface area contributed by atoms with Crippen LogP contribution >= 0.6 is 11.8 Å². The second-order valence-electron chi connectivity index (χ2n) is 5.55. The van der Waals surface area contributed by atoms with Crippen molar-refractivity contribution in [3.05, 3.63) is 68.6 Å². The minimum atomic E-state index is -0.578. The predicted molar refractivity (Wildman–Crippen MR) is 99.3 cm³/mol. The number of thioether (sulfide) groups is 1. The number of phenols is 1. The molecule has 8 nitrogen and oxygen atoms in total. The maximum Gasteiger partial charge on any atom is 0.293 e. The maximum atomic E-state index is 12.6. The molecule has 0 spiro atoms. The van der Waals surface area contributed by atoms with E-state index in [9.17, 15) is 24.8 Å². The van der Waals surface area contributed by atoms with Gasteiger partial charge in [0.05, 0.1) is 23.5 Å². The first kappa shape index (κ1) is 18.5. The third kappa shape index (κ3) is 3.63. The Kier molecular flexibility index (Phi) is 5.13. The molecule has 0 aliphatic carbocycles. The summed E-state index contributed by atoms with van der Waals surface area (Å²) < 4.78 is 5.02. The Morgan fingerprint density at radius 1 is 1.22 bits per heavy atom. The number of imide groups is 1. The van der Waals surface area contributed by atoms with Crippen LogP contribution in [0.2, 0.25) is 0 Å². The number of nitrogens with zero attached hydrogens (tertiary/aromatic N) is 2. The van der Waals surface area contributed by atoms with Crippen molar-refractivity contribution in [1.82, 2.24) is 4.90 Å². The molecular formula is C18H14N2O6S. The van der Waals surface area contributed by atoms with Crippen molar-refractivity contribution in [3.63, 3.8) is 0 Å². The van der Waals surface area contributed by atoms with E-state index in [2.05, 4.69) is 0 Å². The first-order valence-electron chi connectivity index (χ1n) is 7.76. The van der Waals surface area contributed by atoms with Crippen LogP contribution in [0.5, 0.6) is 11.5 Å². The lowest BCUT2D eigenvalue weighted by atomic mass is 10.1. The number of rotatable bonds is 5. The number of phenolic OH excluding ortho intramolecular Hbond substituents is 1. The van der Waals surface area contributed by atoms with Crippen molar-refractivity contribution in [1.29, 1.82) is 0 Å². The van der Waals surface area contributed by atoms with Gasteiger partial charge in [0.15, 0.2) is 11.5 Å². The van der Waals surface area contributed by atoms with Crippen molar-refractivity contribution in [2.24, 2.45) is 0 Å². The van der Waals surface area contributed by atoms with E-state index in [0.717, 1.165) is 4.90 Å². The van der Waals surface area contributed by atoms with Crippen LogP contribution in [0.1, 0.15) is 11.1 Å². The molecule has 3 rings (SSSR count). The molecule has 1 saturated heterocycles. The molecule has 1 aliphatic rings. The van der Waals surface area contributed by atoms with Crippen LogP contribution in [0.15, 0.2) is 47.4 Å². The molecule has 0 atom stereocenters. The topological polar surface area (TPSA) is 110 Å². The van der Waals surface area contributed by atoms with Crippen molar-refractivity contribution in [2.75, 3.05) is 7.11 Å². The lowest BCUT2D eigenvalue weighted by Gasteiger charge is -2.12. The Labute approximate surface area is 158 Å². The lowest BCUT2D eigenvalue weighted by molar-refractivity contribution is -0.385. The van der Waals surface area contributed by atoms with Gasteiger partial charge in [0.2, 0.25) is 0 Å². The number of benzene rings is 2. The fraction of sp³-hybridized carbons (Fsp3) is 0.111. The van der Waals surface area contributed by atoms with E-state index in [1.807, 2.05) is 0 Å². The van der Waals surface area contributed by atoms with Crippen LogP contribution in [-0.2, 0) is 11.3 Å². The van der Waals surface area contributed by atoms with Crippen LogP contribution < -0.4 is 4.74 Å². The van der Waals surface area contributed by atoms with Crippen molar-refractivity contribution in [3.8, 4) is 11.5 Å². The molecule has 0 saturated carbocycles. The Balaban J connectivity index is 1.89. The number of amides is 2. The van der Waals surface area contributed by atoms with E-state index < -0.39 is 16.1 Å². The summed E-state index contributed by atoms with van der Waals surface area (Å²) in [6.45, 7) is -0.205. The van der Waals surface area contributed by atoms with Gasteiger partial charge < -0.3 is 9.84 Å². The number of para-hydroxylation sites is 2. The Morgan fingerprint density at radius 3 is 2.67 bits per heavy atom. The van der Waals surface area contributed by atoms with E-state index in [1.54, 1.807) is 24.3 Å². The molecule has 27 heavy (non-hydrogen) atoms. The molecule has 0 unspecified atom stereocenters. The summed E-state index contributed by atoms with van der Waals surface area (Å²) in [5.74, 6) is -0.487. The molecule has 138 valence electrons. The fourth-order valence-electron chi connectivity index (χ4n) is 2.59. The summed E-state index contributed by atoms with van der Waals surface area (Å²) in [5, 5.41) is 20.7. The maximum absolute atomic E-state index is 12.6. The van der Waals surface area contributed by atoms with Crippen LogP contribution in [-0.4, -0.2) is 33.2 Å². The molecular weight excluding hydrogens is 372 g/mol. The average Bonchev–Trinajstić information content (AvgIpc) is 2.91. The number of nitro benzene ring substituents is 1. The number of hydrogen-bond donors (Lipinski definition) is 1. The SMILES string of the molecule is COc1cccc(/C=C2\SC(=O)N(Cc3ccccc3[N+](=O)[O-])C2=O)c1O. The molecule has 0 aromatic heterocycles. The predicted octanol–water partition coefficient (Wildman–Crippen LogP) is 3.55. The lowest BCUT2D eigenvalue weighted by Crippen LogP contribution is -2.27. The second-order valence-corrected chi connectivity index (χ2v) is 6.54. The first-order chi connectivity index (χ1) is 12.9. The zero-order chi connectivity index (χ0) is 19.6. The largest absolute Gasteiger partial charge is 0.504 e. The summed E-state index contributed by atoms with van der Waals surface area (Å²) in [6, 6.07) is 10.7. The van der Waals surface area contributed by atoms with Crippen molar-refractivity contribution >= 4 is 34.7 Å². The number of carbonyl (C=O) groups is 2. The Bertz CT molecular complexity index is 972. The smallest absolute Gasteiger partial charge is 0.293 e. The zero-order valence-electron chi connectivity index (χ0n) is 14.1. The second kappa shape index (κ2) is 7.50. The number of hydrogen-bond acceptors (Lipinski definition) is 7. The fourth-order valence-corrected chi connectivity index (χ4v) is 3.42. The van der Waals surface area contributed by atoms with E-state index in [-0.39, 0.29) is 34.2 Å². The molecule has 9 heteroatoms. The molecule has 1 fully saturated rings. The highest BCUT2D eigenvalue weighted by molar-refractivity contribution is 8.18. The standard InChI is InChI=1S/C18H14N2O6S/c1-26-14-8-4-6-11(16(14)21)9-15-17(22)19(18(23)27-15)10-12-5-2-3-7-13(12)20(24)25/h2-9,21H,10H2,1H3/b15-9-. The zero-order valence-corrected chi connectivity index (χ0v) is 14.9. The summed E-state index contributed by atoms with van der Waals surface area (Å²) in [6.07, 6.45) is 1.39. The minimum absolute atomic E-state index is 0.113. The third-order valence-corrected chi connectivity index (χ3v) is 4.83. The number of nitro groups is 1. The van der Waals surface area contributed by atoms with E-state index in [0.29, 0.717) is 17.3 Å². The summed E-state index contributed by atoms with van der Waals surface area (Å²) in [4.78, 5) is 36.5. The molecule has 2 amide bonds. The number of carbonyl (C=O) groups excluding carboxylic acids is 2. The first-order valence-corrected chi connectivity index (χ1v) is 8.57. The molecule has 0 bridgehead atoms. The van der Waals surface area contributed by atoms with Crippen molar-refractivity contribution in [2.45, 2.75) is 6.54 Å². The van der Waals surface area contributed by atoms with Crippen LogP contribution in [0.25, 0.3) is 6.08 Å². The van der Waals surface area contributed by atoms with Gasteiger partial charge in [-0.3, -0.25) is 24.6 Å². The van der Waals surface area contributed by atoms with Gasteiger partial charge >= 0.3 is 0 Å². The molecule has 1 heterocycles. The highest BCUT2D eigenvalue weighted by Crippen LogP contribution is 2.37. The molecule has 2 aromatic carbocycles. The van der Waals surface area contributed by atoms with Crippen LogP contribution in [0.4, 0.5) is 10.5 Å². The summed E-state index contributed by atoms with van der Waals surface area (Å²) in [7, 11) is 1.40. The van der Waals surface area contributed by atoms with E-state index in [4.69, 9.17) is 4.74 Å². The van der Waals surface area contributed by atoms with Gasteiger partial charge in [-0.1, -0.05) is 30.3 Å². The van der Waals surface area contributed by atoms with E-state index >= 15 is 0 Å². The monoisotopic (exact) mass is 386 g/mol. The number of aromatic hydroxyl groups is 1. The third-order valence-electron chi connectivity index (χ3n) is 3.93. The van der Waals surface area contributed by atoms with Crippen LogP contribution in [0, 0.1) is 10.1 Å². The van der Waals surface area contributed by atoms with Gasteiger partial charge in [0.1, 0.15) is 0 Å². The van der Waals surface area contributed by atoms with Crippen LogP contribution in [0.3, 0.4) is 0 Å². The normalized spacial score (nSPS) is 15.4. The van der Waals surface area contributed by atoms with Gasteiger partial charge in [-0.25, -0.2) is 0 Å². The highest BCUT2D eigenvalue weighted by Gasteiger charge is 2.36. The quantitative estimate of drug-likeness (QED) is 0.475. The summed E-state index contributed by atoms with van der Waals surface area (Å²) >= 11 is 0.709. The Hall–Kier alpha value is -3.33. The summed E-state index contributed by atoms with van der Waals surface area (Å²) in [5.41, 5.74) is 0.423. The molecule has 2 aromatic rings. The van der Waals surface area contributed by atoms with E-state index in [1.165, 1.54) is 31.4 Å². The van der Waals surface area contributed by atoms with Gasteiger partial charge in [-0.2, -0.15) is 0 Å². The Morgan fingerprint density at radius 2 is 1.96 bits per heavy atom. The average molecular weight is 386 g/mol. The molecule has 0 radical (unpaired) electrons. The highest BCUT2D eigenvalue weighted by atomic mass is 32.2. The van der Waals surface area contributed by atoms with Gasteiger partial charge in [-0.05, 0) is 23.9 Å². The minimum Gasteiger partial charge on any atom is -0.504 e. The molecule has 1 N–H and O–H groups in total. The van der Waals surface area contributed by atoms with Crippen molar-refractivity contribution < 1.29 is 24.4 Å². The van der Waals surface area contributed by atoms with Gasteiger partial charge in [0, 0.05) is 17.2 Å². The number of ether oxygens (including phenoxy) is 1. The van der Waals surface area contributed by atoms with Gasteiger partial charge in [0.25, 0.3) is 16.8 Å².